The second-order valence-corrected chi connectivity index (χ2v) is 8.73. The fraction of sp³-hybridized carbons (Fsp3) is 0.440. The highest BCUT2D eigenvalue weighted by molar-refractivity contribution is 6.36. The van der Waals surface area contributed by atoms with Crippen molar-refractivity contribution in [1.82, 2.24) is 10.2 Å². The van der Waals surface area contributed by atoms with Gasteiger partial charge in [-0.25, -0.2) is 0 Å². The Hall–Kier alpha value is -2.24. The van der Waals surface area contributed by atoms with Gasteiger partial charge >= 0.3 is 0 Å². The lowest BCUT2D eigenvalue weighted by Gasteiger charge is -2.31. The first-order valence-electron chi connectivity index (χ1n) is 11.0. The minimum Gasteiger partial charge on any atom is -0.483 e. The molecule has 7 heteroatoms. The van der Waals surface area contributed by atoms with Gasteiger partial charge in [0, 0.05) is 28.7 Å². The van der Waals surface area contributed by atoms with Crippen molar-refractivity contribution < 1.29 is 14.3 Å². The Kier molecular flexibility index (Phi) is 10.3. The number of halogens is 2. The van der Waals surface area contributed by atoms with Crippen molar-refractivity contribution in [2.75, 3.05) is 13.2 Å². The van der Waals surface area contributed by atoms with Crippen LogP contribution in [0, 0.1) is 0 Å². The minimum atomic E-state index is -0.662. The lowest BCUT2D eigenvalue weighted by Crippen LogP contribution is -2.50. The average Bonchev–Trinajstić information content (AvgIpc) is 2.77. The molecule has 174 valence electrons. The quantitative estimate of drug-likeness (QED) is 0.441. The third-order valence-electron chi connectivity index (χ3n) is 5.22. The first kappa shape index (κ1) is 26.0. The summed E-state index contributed by atoms with van der Waals surface area (Å²) in [7, 11) is 0. The number of nitrogens with one attached hydrogen (secondary N) is 1. The summed E-state index contributed by atoms with van der Waals surface area (Å²) in [5.41, 5.74) is 1.63. The van der Waals surface area contributed by atoms with E-state index in [9.17, 15) is 9.59 Å². The smallest absolute Gasteiger partial charge is 0.261 e. The van der Waals surface area contributed by atoms with Crippen LogP contribution in [0.3, 0.4) is 0 Å². The summed E-state index contributed by atoms with van der Waals surface area (Å²) in [6.45, 7) is 8.46. The number of carbonyl (C=O) groups is 2. The first-order chi connectivity index (χ1) is 15.3. The molecule has 1 unspecified atom stereocenters. The number of rotatable bonds is 11. The number of hydrogen-bond acceptors (Lipinski definition) is 3. The zero-order chi connectivity index (χ0) is 23.7. The van der Waals surface area contributed by atoms with Gasteiger partial charge in [0.1, 0.15) is 11.8 Å². The van der Waals surface area contributed by atoms with Crippen molar-refractivity contribution in [2.24, 2.45) is 0 Å². The fourth-order valence-corrected chi connectivity index (χ4v) is 3.97. The maximum Gasteiger partial charge on any atom is 0.261 e. The Bertz CT molecular complexity index is 898. The molecule has 0 aliphatic rings. The van der Waals surface area contributed by atoms with Crippen molar-refractivity contribution in [3.63, 3.8) is 0 Å². The molecule has 1 N–H and O–H groups in total. The van der Waals surface area contributed by atoms with E-state index in [1.807, 2.05) is 38.1 Å². The van der Waals surface area contributed by atoms with E-state index in [-0.39, 0.29) is 30.9 Å². The van der Waals surface area contributed by atoms with E-state index in [0.29, 0.717) is 34.3 Å². The zero-order valence-corrected chi connectivity index (χ0v) is 20.7. The van der Waals surface area contributed by atoms with Crippen LogP contribution in [0.4, 0.5) is 0 Å². The Balaban J connectivity index is 2.30. The molecule has 0 saturated carbocycles. The van der Waals surface area contributed by atoms with E-state index in [0.717, 1.165) is 12.0 Å². The van der Waals surface area contributed by atoms with E-state index in [2.05, 4.69) is 19.2 Å². The van der Waals surface area contributed by atoms with E-state index in [1.165, 1.54) is 4.90 Å². The van der Waals surface area contributed by atoms with Crippen LogP contribution in [0.2, 0.25) is 10.0 Å². The predicted molar refractivity (Wildman–Crippen MR) is 130 cm³/mol. The van der Waals surface area contributed by atoms with Crippen molar-refractivity contribution in [3.05, 3.63) is 63.6 Å². The molecule has 0 radical (unpaired) electrons. The Morgan fingerprint density at radius 3 is 2.28 bits per heavy atom. The van der Waals surface area contributed by atoms with Crippen molar-refractivity contribution in [3.8, 4) is 5.75 Å². The van der Waals surface area contributed by atoms with Gasteiger partial charge < -0.3 is 15.0 Å². The monoisotopic (exact) mass is 478 g/mol. The molecule has 2 aromatic rings. The molecule has 0 heterocycles. The normalized spacial score (nSPS) is 11.8. The van der Waals surface area contributed by atoms with E-state index < -0.39 is 6.04 Å². The highest BCUT2D eigenvalue weighted by Crippen LogP contribution is 2.28. The number of carbonyl (C=O) groups excluding carboxylic acids is 2. The summed E-state index contributed by atoms with van der Waals surface area (Å²) in [6.07, 6.45) is 1.26. The van der Waals surface area contributed by atoms with Crippen molar-refractivity contribution >= 4 is 35.0 Å². The molecule has 2 rings (SSSR count). The molecule has 0 aromatic heterocycles. The van der Waals surface area contributed by atoms with Crippen LogP contribution < -0.4 is 10.1 Å². The zero-order valence-electron chi connectivity index (χ0n) is 19.2. The summed E-state index contributed by atoms with van der Waals surface area (Å²) >= 11 is 12.7. The van der Waals surface area contributed by atoms with Crippen molar-refractivity contribution in [2.45, 2.75) is 59.0 Å². The van der Waals surface area contributed by atoms with Crippen LogP contribution in [0.15, 0.2) is 42.5 Å². The summed E-state index contributed by atoms with van der Waals surface area (Å²) < 4.78 is 5.91. The van der Waals surface area contributed by atoms with Gasteiger partial charge in [-0.15, -0.1) is 0 Å². The van der Waals surface area contributed by atoms with E-state index in [1.54, 1.807) is 18.2 Å². The Morgan fingerprint density at radius 2 is 1.69 bits per heavy atom. The highest BCUT2D eigenvalue weighted by atomic mass is 35.5. The molecule has 1 atom stereocenters. The van der Waals surface area contributed by atoms with Gasteiger partial charge in [0.2, 0.25) is 5.91 Å². The second-order valence-electron chi connectivity index (χ2n) is 7.92. The number of para-hydroxylation sites is 1. The standard InChI is InChI=1S/C25H32Cl2N2O3/c1-5-14-28-25(31)22(6-2)29(15-19-20(26)11-9-12-21(19)27)24(30)16-32-23-13-8-7-10-18(23)17(3)4/h7-13,17,22H,5-6,14-16H2,1-4H3,(H,28,31). The average molecular weight is 479 g/mol. The minimum absolute atomic E-state index is 0.116. The molecule has 2 amide bonds. The molecule has 0 aliphatic carbocycles. The molecule has 0 fully saturated rings. The molecule has 2 aromatic carbocycles. The molecule has 5 nitrogen and oxygen atoms in total. The number of nitrogens with zero attached hydrogens (tertiary/aromatic N) is 1. The molecular weight excluding hydrogens is 447 g/mol. The van der Waals surface area contributed by atoms with Gasteiger partial charge in [0.25, 0.3) is 5.91 Å². The largest absolute Gasteiger partial charge is 0.483 e. The number of ether oxygens (including phenoxy) is 1. The molecule has 0 aliphatic heterocycles. The lowest BCUT2D eigenvalue weighted by molar-refractivity contribution is -0.143. The SMILES string of the molecule is CCCNC(=O)C(CC)N(Cc1c(Cl)cccc1Cl)C(=O)COc1ccccc1C(C)C. The lowest BCUT2D eigenvalue weighted by atomic mass is 10.0. The summed E-state index contributed by atoms with van der Waals surface area (Å²) in [6, 6.07) is 12.2. The predicted octanol–water partition coefficient (Wildman–Crippen LogP) is 5.83. The Labute approximate surface area is 201 Å². The van der Waals surface area contributed by atoms with E-state index in [4.69, 9.17) is 27.9 Å². The first-order valence-corrected chi connectivity index (χ1v) is 11.8. The van der Waals surface area contributed by atoms with Gasteiger partial charge in [0.15, 0.2) is 6.61 Å². The van der Waals surface area contributed by atoms with Gasteiger partial charge in [-0.3, -0.25) is 9.59 Å². The molecule has 0 spiro atoms. The summed E-state index contributed by atoms with van der Waals surface area (Å²) in [5, 5.41) is 3.79. The topological polar surface area (TPSA) is 58.6 Å². The van der Waals surface area contributed by atoms with Gasteiger partial charge in [-0.05, 0) is 42.5 Å². The third-order valence-corrected chi connectivity index (χ3v) is 5.93. The maximum atomic E-state index is 13.3. The highest BCUT2D eigenvalue weighted by Gasteiger charge is 2.30. The van der Waals surface area contributed by atoms with Gasteiger partial charge in [-0.1, -0.05) is 75.2 Å². The van der Waals surface area contributed by atoms with Crippen LogP contribution in [0.1, 0.15) is 57.6 Å². The molecule has 0 bridgehead atoms. The van der Waals surface area contributed by atoms with E-state index >= 15 is 0 Å². The van der Waals surface area contributed by atoms with Crippen LogP contribution in [-0.4, -0.2) is 35.9 Å². The second kappa shape index (κ2) is 12.7. The van der Waals surface area contributed by atoms with Gasteiger partial charge in [0.05, 0.1) is 0 Å². The van der Waals surface area contributed by atoms with Gasteiger partial charge in [-0.2, -0.15) is 0 Å². The van der Waals surface area contributed by atoms with Crippen LogP contribution in [0.25, 0.3) is 0 Å². The molecule has 32 heavy (non-hydrogen) atoms. The molecule has 0 saturated heterocycles. The summed E-state index contributed by atoms with van der Waals surface area (Å²) in [5.74, 6) is 0.407. The Morgan fingerprint density at radius 1 is 1.03 bits per heavy atom. The number of benzene rings is 2. The maximum absolute atomic E-state index is 13.3. The summed E-state index contributed by atoms with van der Waals surface area (Å²) in [4.78, 5) is 27.7. The fourth-order valence-electron chi connectivity index (χ4n) is 3.45. The third kappa shape index (κ3) is 6.88. The van der Waals surface area contributed by atoms with Crippen molar-refractivity contribution in [1.29, 1.82) is 0 Å². The molecular formula is C25H32Cl2N2O3. The number of hydrogen-bond donors (Lipinski definition) is 1. The van der Waals surface area contributed by atoms with Crippen LogP contribution in [0.5, 0.6) is 5.75 Å². The van der Waals surface area contributed by atoms with Crippen LogP contribution in [-0.2, 0) is 16.1 Å². The van der Waals surface area contributed by atoms with Crippen LogP contribution >= 0.6 is 23.2 Å². The number of amides is 2.